The van der Waals surface area contributed by atoms with Crippen molar-refractivity contribution in [3.8, 4) is 0 Å². The number of likely N-dealkylation sites (N-methyl/N-ethyl adjacent to an activating group) is 1. The van der Waals surface area contributed by atoms with E-state index in [-0.39, 0.29) is 5.97 Å². The van der Waals surface area contributed by atoms with E-state index in [4.69, 9.17) is 4.74 Å². The Labute approximate surface area is 114 Å². The van der Waals surface area contributed by atoms with Crippen LogP contribution < -0.4 is 5.32 Å². The number of hydrogen-bond donors (Lipinski definition) is 1. The molecule has 0 amide bonds. The number of carbonyl (C=O) groups excluding carboxylic acids is 1. The first-order valence-corrected chi connectivity index (χ1v) is 6.34. The zero-order valence-corrected chi connectivity index (χ0v) is 12.0. The summed E-state index contributed by atoms with van der Waals surface area (Å²) in [6.45, 7) is 5.36. The second kappa shape index (κ2) is 7.16. The average molecular weight is 266 g/mol. The number of esters is 1. The quantitative estimate of drug-likeness (QED) is 0.721. The first-order valence-electron chi connectivity index (χ1n) is 6.34. The van der Waals surface area contributed by atoms with Gasteiger partial charge in [-0.2, -0.15) is 0 Å². The van der Waals surface area contributed by atoms with Crippen LogP contribution >= 0.6 is 0 Å². The van der Waals surface area contributed by atoms with Crippen LogP contribution in [0.25, 0.3) is 0 Å². The van der Waals surface area contributed by atoms with E-state index in [2.05, 4.69) is 15.3 Å². The number of nitrogens with zero attached hydrogens (tertiary/aromatic N) is 3. The number of carbonyl (C=O) groups is 1. The molecule has 1 N–H and O–H groups in total. The minimum atomic E-state index is -0.972. The van der Waals surface area contributed by atoms with Crippen LogP contribution in [0.5, 0.6) is 0 Å². The minimum Gasteiger partial charge on any atom is -0.464 e. The highest BCUT2D eigenvalue weighted by atomic mass is 16.5. The normalized spacial score (nSPS) is 14.2. The van der Waals surface area contributed by atoms with E-state index in [1.165, 1.54) is 0 Å². The topological polar surface area (TPSA) is 67.3 Å². The lowest BCUT2D eigenvalue weighted by molar-refractivity contribution is -0.151. The Bertz CT molecular complexity index is 397. The van der Waals surface area contributed by atoms with E-state index in [9.17, 15) is 4.79 Å². The highest BCUT2D eigenvalue weighted by molar-refractivity contribution is 5.81. The van der Waals surface area contributed by atoms with E-state index in [1.54, 1.807) is 32.4 Å². The average Bonchev–Trinajstić information content (AvgIpc) is 2.39. The molecule has 1 atom stereocenters. The maximum Gasteiger partial charge on any atom is 0.332 e. The van der Waals surface area contributed by atoms with Crippen molar-refractivity contribution in [2.45, 2.75) is 19.4 Å². The van der Waals surface area contributed by atoms with Crippen LogP contribution in [-0.2, 0) is 15.1 Å². The molecule has 19 heavy (non-hydrogen) atoms. The van der Waals surface area contributed by atoms with Crippen LogP contribution in [-0.4, -0.2) is 54.6 Å². The van der Waals surface area contributed by atoms with Gasteiger partial charge in [-0.1, -0.05) is 0 Å². The summed E-state index contributed by atoms with van der Waals surface area (Å²) in [5, 5.41) is 3.21. The minimum absolute atomic E-state index is 0.337. The molecule has 0 aliphatic carbocycles. The lowest BCUT2D eigenvalue weighted by Gasteiger charge is -2.28. The van der Waals surface area contributed by atoms with Gasteiger partial charge in [-0.3, -0.25) is 15.3 Å². The molecule has 0 aromatic carbocycles. The standard InChI is InChI=1S/C13H22N4O2/c1-5-19-12(18)13(2,16-8-9-17(3)4)11-10-14-6-7-15-11/h6-7,10,16H,5,8-9H2,1-4H3. The Morgan fingerprint density at radius 2 is 2.21 bits per heavy atom. The maximum atomic E-state index is 12.2. The lowest BCUT2D eigenvalue weighted by atomic mass is 9.98. The molecule has 1 aromatic rings. The summed E-state index contributed by atoms with van der Waals surface area (Å²) >= 11 is 0. The molecule has 6 nitrogen and oxygen atoms in total. The highest BCUT2D eigenvalue weighted by Gasteiger charge is 2.37. The molecular formula is C13H22N4O2. The van der Waals surface area contributed by atoms with Gasteiger partial charge < -0.3 is 9.64 Å². The van der Waals surface area contributed by atoms with Crippen LogP contribution in [0.15, 0.2) is 18.6 Å². The highest BCUT2D eigenvalue weighted by Crippen LogP contribution is 2.19. The van der Waals surface area contributed by atoms with Gasteiger partial charge in [-0.15, -0.1) is 0 Å². The van der Waals surface area contributed by atoms with E-state index < -0.39 is 5.54 Å². The molecule has 1 aromatic heterocycles. The molecule has 0 spiro atoms. The molecule has 1 heterocycles. The molecule has 0 bridgehead atoms. The maximum absolute atomic E-state index is 12.2. The third-order valence-corrected chi connectivity index (χ3v) is 2.80. The summed E-state index contributed by atoms with van der Waals surface area (Å²) in [5.74, 6) is -0.339. The number of rotatable bonds is 7. The van der Waals surface area contributed by atoms with Crippen molar-refractivity contribution in [1.29, 1.82) is 0 Å². The Kier molecular flexibility index (Phi) is 5.85. The number of hydrogen-bond acceptors (Lipinski definition) is 6. The summed E-state index contributed by atoms with van der Waals surface area (Å²) in [4.78, 5) is 22.4. The predicted octanol–water partition coefficient (Wildman–Crippen LogP) is 0.406. The van der Waals surface area contributed by atoms with Gasteiger partial charge in [0, 0.05) is 25.5 Å². The number of aromatic nitrogens is 2. The van der Waals surface area contributed by atoms with Crippen LogP contribution in [0, 0.1) is 0 Å². The van der Waals surface area contributed by atoms with Crippen molar-refractivity contribution in [3.63, 3.8) is 0 Å². The SMILES string of the molecule is CCOC(=O)C(C)(NCCN(C)C)c1cnccn1. The van der Waals surface area contributed by atoms with Crippen molar-refractivity contribution in [3.05, 3.63) is 24.3 Å². The second-order valence-electron chi connectivity index (χ2n) is 4.67. The largest absolute Gasteiger partial charge is 0.464 e. The zero-order chi connectivity index (χ0) is 14.3. The van der Waals surface area contributed by atoms with Crippen molar-refractivity contribution >= 4 is 5.97 Å². The van der Waals surface area contributed by atoms with Crippen molar-refractivity contribution in [2.75, 3.05) is 33.8 Å². The molecule has 6 heteroatoms. The van der Waals surface area contributed by atoms with Gasteiger partial charge in [0.15, 0.2) is 5.54 Å². The second-order valence-corrected chi connectivity index (χ2v) is 4.67. The fourth-order valence-corrected chi connectivity index (χ4v) is 1.63. The molecule has 0 aliphatic heterocycles. The van der Waals surface area contributed by atoms with Crippen LogP contribution in [0.3, 0.4) is 0 Å². The smallest absolute Gasteiger partial charge is 0.332 e. The van der Waals surface area contributed by atoms with Gasteiger partial charge in [0.2, 0.25) is 0 Å². The summed E-state index contributed by atoms with van der Waals surface area (Å²) in [5.41, 5.74) is -0.410. The van der Waals surface area contributed by atoms with Crippen LogP contribution in [0.2, 0.25) is 0 Å². The Balaban J connectivity index is 2.87. The molecule has 0 aliphatic rings. The van der Waals surface area contributed by atoms with Gasteiger partial charge in [-0.05, 0) is 27.9 Å². The summed E-state index contributed by atoms with van der Waals surface area (Å²) in [7, 11) is 3.96. The van der Waals surface area contributed by atoms with E-state index in [0.29, 0.717) is 18.8 Å². The number of ether oxygens (including phenoxy) is 1. The first kappa shape index (κ1) is 15.5. The van der Waals surface area contributed by atoms with Gasteiger partial charge in [0.1, 0.15) is 0 Å². The number of nitrogens with one attached hydrogen (secondary N) is 1. The third kappa shape index (κ3) is 4.25. The van der Waals surface area contributed by atoms with Gasteiger partial charge in [-0.25, -0.2) is 4.79 Å². The van der Waals surface area contributed by atoms with Crippen molar-refractivity contribution in [2.24, 2.45) is 0 Å². The van der Waals surface area contributed by atoms with Crippen molar-refractivity contribution < 1.29 is 9.53 Å². The molecule has 0 radical (unpaired) electrons. The van der Waals surface area contributed by atoms with Crippen molar-refractivity contribution in [1.82, 2.24) is 20.2 Å². The van der Waals surface area contributed by atoms with Gasteiger partial charge >= 0.3 is 5.97 Å². The molecule has 1 rings (SSSR count). The van der Waals surface area contributed by atoms with Crippen LogP contribution in [0.4, 0.5) is 0 Å². The Hall–Kier alpha value is -1.53. The zero-order valence-electron chi connectivity index (χ0n) is 12.0. The molecule has 1 unspecified atom stereocenters. The Morgan fingerprint density at radius 3 is 2.74 bits per heavy atom. The van der Waals surface area contributed by atoms with E-state index in [1.807, 2.05) is 19.0 Å². The fraction of sp³-hybridized carbons (Fsp3) is 0.615. The lowest BCUT2D eigenvalue weighted by Crippen LogP contribution is -2.50. The molecule has 0 fully saturated rings. The molecule has 106 valence electrons. The first-order chi connectivity index (χ1) is 9.00. The monoisotopic (exact) mass is 266 g/mol. The summed E-state index contributed by atoms with van der Waals surface area (Å²) < 4.78 is 5.14. The molecule has 0 saturated heterocycles. The fourth-order valence-electron chi connectivity index (χ4n) is 1.63. The third-order valence-electron chi connectivity index (χ3n) is 2.80. The van der Waals surface area contributed by atoms with Gasteiger partial charge in [0.25, 0.3) is 0 Å². The van der Waals surface area contributed by atoms with E-state index >= 15 is 0 Å². The van der Waals surface area contributed by atoms with Crippen LogP contribution in [0.1, 0.15) is 19.5 Å². The summed E-state index contributed by atoms with van der Waals surface area (Å²) in [6.07, 6.45) is 4.73. The Morgan fingerprint density at radius 1 is 1.47 bits per heavy atom. The molecular weight excluding hydrogens is 244 g/mol. The summed E-state index contributed by atoms with van der Waals surface area (Å²) in [6, 6.07) is 0. The van der Waals surface area contributed by atoms with E-state index in [0.717, 1.165) is 6.54 Å². The van der Waals surface area contributed by atoms with Gasteiger partial charge in [0.05, 0.1) is 18.5 Å². The molecule has 0 saturated carbocycles. The predicted molar refractivity (Wildman–Crippen MR) is 72.6 cm³/mol.